The molecule has 176 valence electrons. The highest BCUT2D eigenvalue weighted by Crippen LogP contribution is 2.43. The molecule has 9 nitrogen and oxygen atoms in total. The van der Waals surface area contributed by atoms with Crippen molar-refractivity contribution in [2.45, 2.75) is 0 Å². The van der Waals surface area contributed by atoms with Gasteiger partial charge in [0.25, 0.3) is 0 Å². The number of methoxy groups -OCH3 is 4. The summed E-state index contributed by atoms with van der Waals surface area (Å²) in [6, 6.07) is 10.7. The minimum atomic E-state index is -0.380. The third kappa shape index (κ3) is 4.61. The summed E-state index contributed by atoms with van der Waals surface area (Å²) >= 11 is 2.86. The number of nitrogens with two attached hydrogens (primary N) is 1. The summed E-state index contributed by atoms with van der Waals surface area (Å²) in [6.45, 7) is 0. The van der Waals surface area contributed by atoms with E-state index in [2.05, 4.69) is 10.3 Å². The Balaban J connectivity index is 1.58. The number of nitrogens with zero attached hydrogens (tertiary/aromatic N) is 2. The van der Waals surface area contributed by atoms with Crippen LogP contribution >= 0.6 is 22.7 Å². The number of rotatable bonds is 8. The third-order valence-electron chi connectivity index (χ3n) is 4.87. The summed E-state index contributed by atoms with van der Waals surface area (Å²) in [5, 5.41) is 6.53. The zero-order chi connectivity index (χ0) is 24.2. The monoisotopic (exact) mass is 498 g/mol. The molecule has 0 fully saturated rings. The lowest BCUT2D eigenvalue weighted by Crippen LogP contribution is -2.00. The van der Waals surface area contributed by atoms with Crippen LogP contribution in [0.3, 0.4) is 0 Å². The number of carbonyl (C=O) groups is 1. The van der Waals surface area contributed by atoms with Gasteiger partial charge in [0.2, 0.25) is 5.75 Å². The van der Waals surface area contributed by atoms with Crippen LogP contribution in [0.1, 0.15) is 10.4 Å². The van der Waals surface area contributed by atoms with Crippen LogP contribution in [0.4, 0.5) is 16.6 Å². The molecule has 0 aliphatic heterocycles. The van der Waals surface area contributed by atoms with Crippen LogP contribution in [0.25, 0.3) is 21.1 Å². The van der Waals surface area contributed by atoms with Crippen molar-refractivity contribution in [1.82, 2.24) is 9.97 Å². The first kappa shape index (κ1) is 23.3. The Bertz CT molecular complexity index is 1290. The van der Waals surface area contributed by atoms with E-state index in [4.69, 9.17) is 29.7 Å². The number of benzene rings is 2. The third-order valence-corrected chi connectivity index (χ3v) is 6.85. The number of anilines is 3. The highest BCUT2D eigenvalue weighted by molar-refractivity contribution is 7.23. The highest BCUT2D eigenvalue weighted by Gasteiger charge is 2.18. The molecule has 0 unspecified atom stereocenters. The van der Waals surface area contributed by atoms with E-state index in [0.717, 1.165) is 21.1 Å². The van der Waals surface area contributed by atoms with Crippen molar-refractivity contribution in [2.24, 2.45) is 0 Å². The van der Waals surface area contributed by atoms with Crippen LogP contribution in [0.5, 0.6) is 17.2 Å². The summed E-state index contributed by atoms with van der Waals surface area (Å²) in [5.74, 6) is 1.55. The average molecular weight is 499 g/mol. The molecule has 0 amide bonds. The van der Waals surface area contributed by atoms with Crippen molar-refractivity contribution in [3.05, 3.63) is 47.3 Å². The lowest BCUT2D eigenvalue weighted by molar-refractivity contribution is 0.0600. The molecule has 0 aliphatic rings. The predicted molar refractivity (Wildman–Crippen MR) is 134 cm³/mol. The summed E-state index contributed by atoms with van der Waals surface area (Å²) in [7, 11) is 6.03. The second-order valence-corrected chi connectivity index (χ2v) is 8.74. The van der Waals surface area contributed by atoms with Gasteiger partial charge in [-0.2, -0.15) is 0 Å². The number of carbonyl (C=O) groups excluding carboxylic acids is 1. The molecular weight excluding hydrogens is 476 g/mol. The first-order chi connectivity index (χ1) is 16.5. The Morgan fingerprint density at radius 3 is 2.24 bits per heavy atom. The molecule has 0 saturated heterocycles. The number of nitrogens with one attached hydrogen (secondary N) is 1. The molecule has 0 saturated carbocycles. The van der Waals surface area contributed by atoms with Gasteiger partial charge < -0.3 is 30.0 Å². The van der Waals surface area contributed by atoms with Gasteiger partial charge in [-0.25, -0.2) is 14.8 Å². The first-order valence-corrected chi connectivity index (χ1v) is 11.6. The molecule has 4 aromatic rings. The Labute approximate surface area is 204 Å². The van der Waals surface area contributed by atoms with Gasteiger partial charge >= 0.3 is 5.97 Å². The van der Waals surface area contributed by atoms with Crippen molar-refractivity contribution in [3.8, 4) is 38.4 Å². The number of hydrogen-bond acceptors (Lipinski definition) is 11. The molecule has 2 heterocycles. The Kier molecular flexibility index (Phi) is 6.85. The SMILES string of the molecule is COC(=O)c1ccc(-c2csc(-c3sc(Nc4cc(OC)c(OC)c(OC)c4)nc3N)n2)cc1. The summed E-state index contributed by atoms with van der Waals surface area (Å²) in [6.07, 6.45) is 0. The number of hydrogen-bond donors (Lipinski definition) is 2. The first-order valence-electron chi connectivity index (χ1n) is 9.95. The lowest BCUT2D eigenvalue weighted by atomic mass is 10.1. The number of esters is 1. The fraction of sp³-hybridized carbons (Fsp3) is 0.174. The van der Waals surface area contributed by atoms with Crippen LogP contribution in [0.2, 0.25) is 0 Å². The number of aromatic nitrogens is 2. The van der Waals surface area contributed by atoms with E-state index in [1.54, 1.807) is 45.6 Å². The molecule has 0 radical (unpaired) electrons. The van der Waals surface area contributed by atoms with Crippen LogP contribution in [0.15, 0.2) is 41.8 Å². The molecule has 34 heavy (non-hydrogen) atoms. The zero-order valence-corrected chi connectivity index (χ0v) is 20.5. The smallest absolute Gasteiger partial charge is 0.337 e. The molecule has 0 aliphatic carbocycles. The van der Waals surface area contributed by atoms with E-state index in [-0.39, 0.29) is 5.97 Å². The largest absolute Gasteiger partial charge is 0.493 e. The number of nitrogen functional groups attached to an aromatic ring is 1. The van der Waals surface area contributed by atoms with Crippen molar-refractivity contribution < 1.29 is 23.7 Å². The van der Waals surface area contributed by atoms with E-state index in [1.165, 1.54) is 29.8 Å². The van der Waals surface area contributed by atoms with Gasteiger partial charge in [-0.3, -0.25) is 0 Å². The lowest BCUT2D eigenvalue weighted by Gasteiger charge is -2.14. The zero-order valence-electron chi connectivity index (χ0n) is 18.9. The van der Waals surface area contributed by atoms with Crippen LogP contribution in [-0.2, 0) is 4.74 Å². The normalized spacial score (nSPS) is 10.6. The molecule has 4 rings (SSSR count). The topological polar surface area (TPSA) is 118 Å². The second kappa shape index (κ2) is 9.98. The molecule has 2 aromatic heterocycles. The van der Waals surface area contributed by atoms with E-state index in [1.807, 2.05) is 17.5 Å². The van der Waals surface area contributed by atoms with Gasteiger partial charge in [-0.05, 0) is 12.1 Å². The van der Waals surface area contributed by atoms with Gasteiger partial charge in [-0.1, -0.05) is 23.5 Å². The maximum atomic E-state index is 11.6. The quantitative estimate of drug-likeness (QED) is 0.321. The Morgan fingerprint density at radius 2 is 1.65 bits per heavy atom. The second-order valence-electron chi connectivity index (χ2n) is 6.88. The van der Waals surface area contributed by atoms with Crippen LogP contribution in [-0.4, -0.2) is 44.4 Å². The molecule has 3 N–H and O–H groups in total. The molecule has 2 aromatic carbocycles. The number of thiazole rings is 2. The van der Waals surface area contributed by atoms with Crippen molar-refractivity contribution in [3.63, 3.8) is 0 Å². The minimum Gasteiger partial charge on any atom is -0.493 e. The summed E-state index contributed by atoms with van der Waals surface area (Å²) < 4.78 is 20.9. The fourth-order valence-electron chi connectivity index (χ4n) is 3.22. The molecular formula is C23H22N4O5S2. The van der Waals surface area contributed by atoms with E-state index in [0.29, 0.717) is 39.4 Å². The van der Waals surface area contributed by atoms with Gasteiger partial charge in [0.1, 0.15) is 15.7 Å². The van der Waals surface area contributed by atoms with Crippen molar-refractivity contribution in [1.29, 1.82) is 0 Å². The maximum absolute atomic E-state index is 11.6. The van der Waals surface area contributed by atoms with Gasteiger partial charge in [0.15, 0.2) is 16.6 Å². The van der Waals surface area contributed by atoms with Crippen LogP contribution < -0.4 is 25.3 Å². The molecule has 11 heteroatoms. The van der Waals surface area contributed by atoms with Gasteiger partial charge in [0.05, 0.1) is 39.7 Å². The summed E-state index contributed by atoms with van der Waals surface area (Å²) in [4.78, 5) is 21.6. The van der Waals surface area contributed by atoms with Crippen LogP contribution in [0, 0.1) is 0 Å². The molecule has 0 atom stereocenters. The van der Waals surface area contributed by atoms with E-state index >= 15 is 0 Å². The Hall–Kier alpha value is -3.83. The predicted octanol–water partition coefficient (Wildman–Crippen LogP) is 5.07. The standard InChI is InChI=1S/C23H22N4O5S2/c1-29-16-9-14(10-17(30-2)18(16)31-3)25-23-27-20(24)19(34-23)21-26-15(11-33-21)12-5-7-13(8-6-12)22(28)32-4/h5-11H,24H2,1-4H3,(H,25,27). The summed E-state index contributed by atoms with van der Waals surface area (Å²) in [5.41, 5.74) is 9.06. The fourth-order valence-corrected chi connectivity index (χ4v) is 5.05. The minimum absolute atomic E-state index is 0.377. The van der Waals surface area contributed by atoms with E-state index in [9.17, 15) is 4.79 Å². The van der Waals surface area contributed by atoms with Gasteiger partial charge in [-0.15, -0.1) is 11.3 Å². The number of ether oxygens (including phenoxy) is 4. The molecule has 0 bridgehead atoms. The van der Waals surface area contributed by atoms with Crippen molar-refractivity contribution >= 4 is 45.3 Å². The van der Waals surface area contributed by atoms with Crippen molar-refractivity contribution in [2.75, 3.05) is 39.5 Å². The highest BCUT2D eigenvalue weighted by atomic mass is 32.1. The van der Waals surface area contributed by atoms with E-state index < -0.39 is 0 Å². The Morgan fingerprint density at radius 1 is 0.971 bits per heavy atom. The molecule has 0 spiro atoms. The maximum Gasteiger partial charge on any atom is 0.337 e. The van der Waals surface area contributed by atoms with Gasteiger partial charge in [0, 0.05) is 28.8 Å². The average Bonchev–Trinajstić information content (AvgIpc) is 3.49.